The van der Waals surface area contributed by atoms with Crippen LogP contribution >= 0.6 is 11.3 Å². The van der Waals surface area contributed by atoms with Crippen molar-refractivity contribution in [3.63, 3.8) is 0 Å². The molecule has 0 saturated carbocycles. The molecule has 0 aliphatic heterocycles. The van der Waals surface area contributed by atoms with E-state index in [1.165, 1.54) is 27.0 Å². The molecule has 6 aromatic carbocycles. The van der Waals surface area contributed by atoms with E-state index in [0.29, 0.717) is 5.82 Å². The molecule has 44 heavy (non-hydrogen) atoms. The molecular formula is C40H24N2OS. The van der Waals surface area contributed by atoms with Gasteiger partial charge in [0, 0.05) is 32.0 Å². The number of furan rings is 1. The summed E-state index contributed by atoms with van der Waals surface area (Å²) in [7, 11) is 0. The van der Waals surface area contributed by atoms with Gasteiger partial charge in [-0.05, 0) is 40.5 Å². The summed E-state index contributed by atoms with van der Waals surface area (Å²) in [4.78, 5) is 10.5. The average molecular weight is 581 g/mol. The van der Waals surface area contributed by atoms with Gasteiger partial charge in [0.1, 0.15) is 11.2 Å². The topological polar surface area (TPSA) is 38.9 Å². The van der Waals surface area contributed by atoms with Crippen molar-refractivity contribution < 1.29 is 4.42 Å². The summed E-state index contributed by atoms with van der Waals surface area (Å²) < 4.78 is 8.55. The van der Waals surface area contributed by atoms with Crippen LogP contribution in [0, 0.1) is 0 Å². The SMILES string of the molecule is c1ccc(-c2ccc(-c3nc(-c4cccc5oc6ccccc6c45)c4sc5cc(-c6ccccc6)ccc5c4n3)cc2)cc1. The Morgan fingerprint density at radius 2 is 1.11 bits per heavy atom. The molecule has 0 aliphatic rings. The molecule has 9 rings (SSSR count). The molecule has 0 unspecified atom stereocenters. The molecule has 3 aromatic heterocycles. The van der Waals surface area contributed by atoms with Gasteiger partial charge in [-0.25, -0.2) is 9.97 Å². The molecule has 0 N–H and O–H groups in total. The van der Waals surface area contributed by atoms with Crippen molar-refractivity contribution in [1.29, 1.82) is 0 Å². The highest BCUT2D eigenvalue weighted by atomic mass is 32.1. The first-order valence-corrected chi connectivity index (χ1v) is 15.5. The van der Waals surface area contributed by atoms with E-state index in [1.54, 1.807) is 11.3 Å². The van der Waals surface area contributed by atoms with Crippen LogP contribution in [0.15, 0.2) is 150 Å². The number of rotatable bonds is 4. The van der Waals surface area contributed by atoms with Gasteiger partial charge in [-0.3, -0.25) is 0 Å². The van der Waals surface area contributed by atoms with Crippen molar-refractivity contribution in [2.45, 2.75) is 0 Å². The lowest BCUT2D eigenvalue weighted by Gasteiger charge is -2.09. The minimum absolute atomic E-state index is 0.712. The molecule has 0 saturated heterocycles. The van der Waals surface area contributed by atoms with Crippen LogP contribution < -0.4 is 0 Å². The largest absolute Gasteiger partial charge is 0.456 e. The molecule has 0 radical (unpaired) electrons. The van der Waals surface area contributed by atoms with Gasteiger partial charge < -0.3 is 4.42 Å². The molecule has 206 valence electrons. The highest BCUT2D eigenvalue weighted by Crippen LogP contribution is 2.44. The molecule has 0 spiro atoms. The van der Waals surface area contributed by atoms with Gasteiger partial charge in [0.15, 0.2) is 5.82 Å². The molecule has 0 amide bonds. The lowest BCUT2D eigenvalue weighted by Crippen LogP contribution is -1.94. The predicted octanol–water partition coefficient (Wildman–Crippen LogP) is 11.4. The molecule has 9 aromatic rings. The van der Waals surface area contributed by atoms with Crippen LogP contribution in [-0.2, 0) is 0 Å². The number of hydrogen-bond donors (Lipinski definition) is 0. The maximum atomic E-state index is 6.28. The van der Waals surface area contributed by atoms with Crippen molar-refractivity contribution >= 4 is 53.6 Å². The van der Waals surface area contributed by atoms with Crippen LogP contribution in [-0.4, -0.2) is 9.97 Å². The second-order valence-corrected chi connectivity index (χ2v) is 12.0. The minimum Gasteiger partial charge on any atom is -0.456 e. The molecule has 0 aliphatic carbocycles. The summed E-state index contributed by atoms with van der Waals surface area (Å²) in [5.74, 6) is 0.712. The van der Waals surface area contributed by atoms with Gasteiger partial charge in [0.2, 0.25) is 0 Å². The number of aromatic nitrogens is 2. The first kappa shape index (κ1) is 25.0. The standard InChI is InChI=1S/C40H24N2OS/c1-3-10-25(11-4-1)27-18-20-28(21-19-27)40-41-37-31-23-22-29(26-12-5-2-6-13-26)24-35(31)44-39(37)38(42-40)32-15-9-17-34-36(32)30-14-7-8-16-33(30)43-34/h1-24H. The smallest absolute Gasteiger partial charge is 0.160 e. The van der Waals surface area contributed by atoms with Gasteiger partial charge in [-0.2, -0.15) is 0 Å². The van der Waals surface area contributed by atoms with E-state index in [1.807, 2.05) is 24.3 Å². The minimum atomic E-state index is 0.712. The lowest BCUT2D eigenvalue weighted by atomic mass is 10.0. The quantitative estimate of drug-likeness (QED) is 0.208. The lowest BCUT2D eigenvalue weighted by molar-refractivity contribution is 0.669. The summed E-state index contributed by atoms with van der Waals surface area (Å²) in [6.07, 6.45) is 0. The van der Waals surface area contributed by atoms with E-state index in [-0.39, 0.29) is 0 Å². The normalized spacial score (nSPS) is 11.6. The Hall–Kier alpha value is -5.58. The van der Waals surface area contributed by atoms with Crippen LogP contribution in [0.5, 0.6) is 0 Å². The maximum Gasteiger partial charge on any atom is 0.160 e. The predicted molar refractivity (Wildman–Crippen MR) is 184 cm³/mol. The number of thiophene rings is 1. The van der Waals surface area contributed by atoms with Crippen molar-refractivity contribution in [2.75, 3.05) is 0 Å². The summed E-state index contributed by atoms with van der Waals surface area (Å²) in [5, 5.41) is 3.31. The van der Waals surface area contributed by atoms with Crippen molar-refractivity contribution in [3.8, 4) is 44.9 Å². The number of hydrogen-bond acceptors (Lipinski definition) is 4. The van der Waals surface area contributed by atoms with Gasteiger partial charge in [-0.1, -0.05) is 127 Å². The highest BCUT2D eigenvalue weighted by molar-refractivity contribution is 7.26. The molecule has 0 atom stereocenters. The third kappa shape index (κ3) is 4.03. The van der Waals surface area contributed by atoms with E-state index in [4.69, 9.17) is 14.4 Å². The number of para-hydroxylation sites is 1. The monoisotopic (exact) mass is 580 g/mol. The third-order valence-corrected chi connectivity index (χ3v) is 9.48. The van der Waals surface area contributed by atoms with Gasteiger partial charge in [0.25, 0.3) is 0 Å². The van der Waals surface area contributed by atoms with Crippen LogP contribution in [0.2, 0.25) is 0 Å². The Kier molecular flexibility index (Phi) is 5.68. The Balaban J connectivity index is 1.31. The Morgan fingerprint density at radius 1 is 0.477 bits per heavy atom. The van der Waals surface area contributed by atoms with E-state index < -0.39 is 0 Å². The first-order valence-electron chi connectivity index (χ1n) is 14.7. The summed E-state index contributed by atoms with van der Waals surface area (Å²) in [6, 6.07) is 50.7. The van der Waals surface area contributed by atoms with Crippen molar-refractivity contribution in [1.82, 2.24) is 9.97 Å². The zero-order valence-electron chi connectivity index (χ0n) is 23.6. The van der Waals surface area contributed by atoms with Crippen LogP contribution in [0.1, 0.15) is 0 Å². The molecule has 3 heterocycles. The van der Waals surface area contributed by atoms with Gasteiger partial charge in [-0.15, -0.1) is 11.3 Å². The zero-order chi connectivity index (χ0) is 29.0. The maximum absolute atomic E-state index is 6.28. The van der Waals surface area contributed by atoms with Gasteiger partial charge in [0.05, 0.1) is 15.9 Å². The molecule has 0 bridgehead atoms. The number of fused-ring (bicyclic) bond motifs is 6. The number of nitrogens with zero attached hydrogens (tertiary/aromatic N) is 2. The summed E-state index contributed by atoms with van der Waals surface area (Å²) >= 11 is 1.76. The van der Waals surface area contributed by atoms with Crippen LogP contribution in [0.25, 0.3) is 87.1 Å². The van der Waals surface area contributed by atoms with E-state index in [0.717, 1.165) is 54.4 Å². The van der Waals surface area contributed by atoms with Gasteiger partial charge >= 0.3 is 0 Å². The fourth-order valence-corrected chi connectivity index (χ4v) is 7.36. The summed E-state index contributed by atoms with van der Waals surface area (Å²) in [6.45, 7) is 0. The second kappa shape index (κ2) is 10.0. The van der Waals surface area contributed by atoms with Crippen molar-refractivity contribution in [3.05, 3.63) is 146 Å². The third-order valence-electron chi connectivity index (χ3n) is 8.33. The molecular weight excluding hydrogens is 557 g/mol. The van der Waals surface area contributed by atoms with Crippen LogP contribution in [0.3, 0.4) is 0 Å². The molecule has 4 heteroatoms. The van der Waals surface area contributed by atoms with Crippen molar-refractivity contribution in [2.24, 2.45) is 0 Å². The second-order valence-electron chi connectivity index (χ2n) is 11.0. The van der Waals surface area contributed by atoms with Crippen LogP contribution in [0.4, 0.5) is 0 Å². The Bertz CT molecular complexity index is 2480. The van der Waals surface area contributed by atoms with E-state index in [9.17, 15) is 0 Å². The summed E-state index contributed by atoms with van der Waals surface area (Å²) in [5.41, 5.74) is 10.4. The zero-order valence-corrected chi connectivity index (χ0v) is 24.4. The fraction of sp³-hybridized carbons (Fsp3) is 0. The fourth-order valence-electron chi connectivity index (χ4n) is 6.18. The van der Waals surface area contributed by atoms with E-state index >= 15 is 0 Å². The Labute approximate surface area is 257 Å². The number of benzene rings is 6. The molecule has 3 nitrogen and oxygen atoms in total. The first-order chi connectivity index (χ1) is 21.8. The highest BCUT2D eigenvalue weighted by Gasteiger charge is 2.20. The molecule has 0 fully saturated rings. The van der Waals surface area contributed by atoms with E-state index in [2.05, 4.69) is 121 Å². The average Bonchev–Trinajstić information content (AvgIpc) is 3.67. The Morgan fingerprint density at radius 3 is 1.91 bits per heavy atom.